The van der Waals surface area contributed by atoms with E-state index >= 15 is 0 Å². The summed E-state index contributed by atoms with van der Waals surface area (Å²) in [7, 11) is -2.25. The standard InChI is InChI=1S/C25H21N3O3S/c1-31-24-10-6-5-9-21(24)20-13-16-27-25-22(20)17-23(18-11-14-26-15-12-18)28(25)32(29,30)19-7-3-2-4-8-19/h2-11,13-14,16-17H,12,15H2,1H3. The van der Waals surface area contributed by atoms with Crippen molar-refractivity contribution in [2.75, 3.05) is 13.7 Å². The first kappa shape index (κ1) is 20.2. The van der Waals surface area contributed by atoms with Gasteiger partial charge in [0.2, 0.25) is 0 Å². The van der Waals surface area contributed by atoms with Crippen LogP contribution in [0.2, 0.25) is 0 Å². The van der Waals surface area contributed by atoms with Crippen molar-refractivity contribution >= 4 is 32.8 Å². The number of aliphatic imine (C=N–C) groups is 1. The molecule has 6 nitrogen and oxygen atoms in total. The third kappa shape index (κ3) is 3.31. The number of fused-ring (bicyclic) bond motifs is 1. The normalized spacial score (nSPS) is 13.8. The fourth-order valence-corrected chi connectivity index (χ4v) is 5.56. The first-order valence-electron chi connectivity index (χ1n) is 10.2. The van der Waals surface area contributed by atoms with Crippen molar-refractivity contribution in [2.24, 2.45) is 4.99 Å². The molecule has 0 aliphatic carbocycles. The molecule has 0 N–H and O–H groups in total. The van der Waals surface area contributed by atoms with Crippen LogP contribution in [0.25, 0.3) is 27.7 Å². The molecule has 0 radical (unpaired) electrons. The van der Waals surface area contributed by atoms with Crippen LogP contribution < -0.4 is 4.74 Å². The van der Waals surface area contributed by atoms with Crippen LogP contribution in [0, 0.1) is 0 Å². The highest BCUT2D eigenvalue weighted by Crippen LogP contribution is 2.38. The lowest BCUT2D eigenvalue weighted by Gasteiger charge is -2.14. The van der Waals surface area contributed by atoms with Gasteiger partial charge in [0.1, 0.15) is 5.75 Å². The second-order valence-electron chi connectivity index (χ2n) is 7.41. The predicted octanol–water partition coefficient (Wildman–Crippen LogP) is 4.81. The molecule has 0 saturated heterocycles. The molecule has 1 aliphatic heterocycles. The number of allylic oxidation sites excluding steroid dienone is 1. The maximum Gasteiger partial charge on any atom is 0.269 e. The molecular formula is C25H21N3O3S. The predicted molar refractivity (Wildman–Crippen MR) is 127 cm³/mol. The molecule has 32 heavy (non-hydrogen) atoms. The molecule has 0 amide bonds. The van der Waals surface area contributed by atoms with E-state index in [1.165, 1.54) is 3.97 Å². The highest BCUT2D eigenvalue weighted by molar-refractivity contribution is 7.90. The topological polar surface area (TPSA) is 73.6 Å². The van der Waals surface area contributed by atoms with Gasteiger partial charge in [0.05, 0.1) is 17.7 Å². The van der Waals surface area contributed by atoms with Gasteiger partial charge in [0.25, 0.3) is 10.0 Å². The zero-order chi connectivity index (χ0) is 22.1. The lowest BCUT2D eigenvalue weighted by molar-refractivity contribution is 0.416. The number of rotatable bonds is 5. The maximum atomic E-state index is 13.8. The molecule has 0 spiro atoms. The summed E-state index contributed by atoms with van der Waals surface area (Å²) in [6.07, 6.45) is 5.89. The minimum Gasteiger partial charge on any atom is -0.496 e. The molecule has 3 heterocycles. The SMILES string of the molecule is COc1ccccc1-c1ccnc2c1cc(C1=CC=NCC1)n2S(=O)(=O)c1ccccc1. The Morgan fingerprint density at radius 3 is 2.50 bits per heavy atom. The van der Waals surface area contributed by atoms with Crippen LogP contribution in [0.3, 0.4) is 0 Å². The third-order valence-corrected chi connectivity index (χ3v) is 7.28. The molecule has 1 aliphatic rings. The van der Waals surface area contributed by atoms with Crippen molar-refractivity contribution < 1.29 is 13.2 Å². The maximum absolute atomic E-state index is 13.8. The monoisotopic (exact) mass is 443 g/mol. The van der Waals surface area contributed by atoms with E-state index in [1.807, 2.05) is 42.5 Å². The van der Waals surface area contributed by atoms with Crippen LogP contribution in [-0.4, -0.2) is 37.2 Å². The Bertz CT molecular complexity index is 1470. The van der Waals surface area contributed by atoms with Gasteiger partial charge in [-0.25, -0.2) is 17.4 Å². The molecular weight excluding hydrogens is 422 g/mol. The van der Waals surface area contributed by atoms with E-state index in [0.29, 0.717) is 30.1 Å². The van der Waals surface area contributed by atoms with E-state index in [2.05, 4.69) is 9.98 Å². The minimum atomic E-state index is -3.88. The number of pyridine rings is 1. The number of benzene rings is 2. The van der Waals surface area contributed by atoms with Gasteiger partial charge in [-0.15, -0.1) is 0 Å². The van der Waals surface area contributed by atoms with E-state index in [4.69, 9.17) is 4.74 Å². The van der Waals surface area contributed by atoms with Gasteiger partial charge in [0.15, 0.2) is 5.65 Å². The van der Waals surface area contributed by atoms with Crippen molar-refractivity contribution in [3.05, 3.63) is 84.7 Å². The Hall–Kier alpha value is -3.71. The summed E-state index contributed by atoms with van der Waals surface area (Å²) >= 11 is 0. The van der Waals surface area contributed by atoms with Crippen LogP contribution >= 0.6 is 0 Å². The Labute approximate surface area is 186 Å². The molecule has 0 bridgehead atoms. The van der Waals surface area contributed by atoms with Crippen LogP contribution in [0.4, 0.5) is 0 Å². The van der Waals surface area contributed by atoms with Crippen LogP contribution in [0.15, 0.2) is 88.9 Å². The Morgan fingerprint density at radius 2 is 1.75 bits per heavy atom. The number of nitrogens with zero attached hydrogens (tertiary/aromatic N) is 3. The molecule has 2 aromatic heterocycles. The molecule has 0 fully saturated rings. The molecule has 7 heteroatoms. The fraction of sp³-hybridized carbons (Fsp3) is 0.120. The first-order valence-corrected chi connectivity index (χ1v) is 11.7. The van der Waals surface area contributed by atoms with Crippen molar-refractivity contribution in [3.8, 4) is 16.9 Å². The van der Waals surface area contributed by atoms with Crippen molar-refractivity contribution in [2.45, 2.75) is 11.3 Å². The van der Waals surface area contributed by atoms with Crippen LogP contribution in [-0.2, 0) is 10.0 Å². The lowest BCUT2D eigenvalue weighted by atomic mass is 10.0. The number of aromatic nitrogens is 2. The molecule has 160 valence electrons. The fourth-order valence-electron chi connectivity index (χ4n) is 4.04. The molecule has 0 saturated carbocycles. The zero-order valence-corrected chi connectivity index (χ0v) is 18.3. The van der Waals surface area contributed by atoms with E-state index in [0.717, 1.165) is 22.1 Å². The minimum absolute atomic E-state index is 0.216. The van der Waals surface area contributed by atoms with Gasteiger partial charge in [-0.05, 0) is 54.0 Å². The van der Waals surface area contributed by atoms with Gasteiger partial charge in [-0.3, -0.25) is 4.99 Å². The van der Waals surface area contributed by atoms with E-state index < -0.39 is 10.0 Å². The first-order chi connectivity index (χ1) is 15.6. The highest BCUT2D eigenvalue weighted by Gasteiger charge is 2.27. The van der Waals surface area contributed by atoms with Crippen molar-refractivity contribution in [1.82, 2.24) is 8.96 Å². The summed E-state index contributed by atoms with van der Waals surface area (Å²) in [6.45, 7) is 0.617. The number of hydrogen-bond acceptors (Lipinski definition) is 5. The molecule has 5 rings (SSSR count). The lowest BCUT2D eigenvalue weighted by Crippen LogP contribution is -2.16. The van der Waals surface area contributed by atoms with Gasteiger partial charge in [-0.2, -0.15) is 0 Å². The van der Waals surface area contributed by atoms with E-state index in [9.17, 15) is 8.42 Å². The smallest absolute Gasteiger partial charge is 0.269 e. The van der Waals surface area contributed by atoms with Crippen LogP contribution in [0.5, 0.6) is 5.75 Å². The van der Waals surface area contributed by atoms with Crippen molar-refractivity contribution in [1.29, 1.82) is 0 Å². The second-order valence-corrected chi connectivity index (χ2v) is 9.19. The average molecular weight is 444 g/mol. The molecule has 4 aromatic rings. The van der Waals surface area contributed by atoms with E-state index in [1.54, 1.807) is 49.9 Å². The summed E-state index contributed by atoms with van der Waals surface area (Å²) in [6, 6.07) is 19.9. The summed E-state index contributed by atoms with van der Waals surface area (Å²) in [5.41, 5.74) is 3.63. The van der Waals surface area contributed by atoms with Crippen molar-refractivity contribution in [3.63, 3.8) is 0 Å². The van der Waals surface area contributed by atoms with Gasteiger partial charge in [-0.1, -0.05) is 36.4 Å². The number of methoxy groups -OCH3 is 1. The number of ether oxygens (including phenoxy) is 1. The van der Waals surface area contributed by atoms with Crippen LogP contribution in [0.1, 0.15) is 12.1 Å². The summed E-state index contributed by atoms with van der Waals surface area (Å²) in [5.74, 6) is 0.712. The number of para-hydroxylation sites is 1. The average Bonchev–Trinajstić information content (AvgIpc) is 3.26. The number of dihydropyridines is 1. The van der Waals surface area contributed by atoms with E-state index in [-0.39, 0.29) is 4.90 Å². The number of hydrogen-bond donors (Lipinski definition) is 0. The Kier molecular flexibility index (Phi) is 5.11. The summed E-state index contributed by atoms with van der Waals surface area (Å²) < 4.78 is 34.5. The molecule has 0 unspecified atom stereocenters. The summed E-state index contributed by atoms with van der Waals surface area (Å²) in [4.78, 5) is 8.98. The largest absolute Gasteiger partial charge is 0.496 e. The third-order valence-electron chi connectivity index (χ3n) is 5.56. The van der Waals surface area contributed by atoms with Gasteiger partial charge >= 0.3 is 0 Å². The quantitative estimate of drug-likeness (QED) is 0.444. The second kappa shape index (κ2) is 8.09. The molecule has 0 atom stereocenters. The zero-order valence-electron chi connectivity index (χ0n) is 17.5. The Balaban J connectivity index is 1.85. The molecule has 2 aromatic carbocycles. The Morgan fingerprint density at radius 1 is 0.969 bits per heavy atom. The van der Waals surface area contributed by atoms with Gasteiger partial charge < -0.3 is 4.74 Å². The highest BCUT2D eigenvalue weighted by atomic mass is 32.2. The summed E-state index contributed by atoms with van der Waals surface area (Å²) in [5, 5.41) is 0.745. The van der Waals surface area contributed by atoms with Gasteiger partial charge in [0, 0.05) is 29.9 Å².